The first-order valence-electron chi connectivity index (χ1n) is 26.7. The number of benzene rings is 4. The molecule has 1 heterocycles. The first kappa shape index (κ1) is 66.6. The third kappa shape index (κ3) is 20.6. The highest BCUT2D eigenvalue weighted by Crippen LogP contribution is 2.22. The van der Waals surface area contributed by atoms with E-state index in [1.807, 2.05) is 34.7 Å². The lowest BCUT2D eigenvalue weighted by Crippen LogP contribution is -2.62. The average Bonchev–Trinajstić information content (AvgIpc) is 4.16. The van der Waals surface area contributed by atoms with Gasteiger partial charge in [-0.15, -0.1) is 0 Å². The molecule has 0 aliphatic heterocycles. The van der Waals surface area contributed by atoms with Crippen LogP contribution >= 0.6 is 47.8 Å². The topological polar surface area (TPSA) is 378 Å². The quantitative estimate of drug-likeness (QED) is 0.0158. The minimum atomic E-state index is -1.71. The maximum absolute atomic E-state index is 14.7. The van der Waals surface area contributed by atoms with Gasteiger partial charge >= 0.3 is 5.97 Å². The standard InChI is InChI=1S/C57H72IN11O12S2/c1-31(62-52(75)42(25-33-13-5-3-6-14-33)65-55(78)45(29-82)67-50(73)39(60)24-35-20-21-47(71)38(58)23-35)49(72)64-44(27-36-28-61-40-18-10-9-17-37(36)40)54(77)63-41(19-11-12-22-59)51(74)69-48(32(2)70)56(79)66-43(26-34-15-7-4-8-16-34)53(76)68-46(30-83)57(80)81/h3-10,13-18,20-21,23,28,31-32,39,41-46,48,61,70-71,82-83H,11-12,19,22,24-27,29-30,59-60H2,1-2H3,(H,62,75)(H,63,77)(H,64,72)(H,65,78)(H,66,79)(H,67,73)(H,68,76)(H,69,74)(H,80,81)/t31-,32+,39-,41-,42-,43-,44-,45-,46-,48-/m0/s1. The second kappa shape index (κ2) is 33.2. The molecule has 83 heavy (non-hydrogen) atoms. The lowest BCUT2D eigenvalue weighted by atomic mass is 10.0. The van der Waals surface area contributed by atoms with E-state index < -0.39 is 114 Å². The van der Waals surface area contributed by atoms with Crippen LogP contribution in [0.1, 0.15) is 55.4 Å². The van der Waals surface area contributed by atoms with Crippen molar-refractivity contribution in [1.82, 2.24) is 47.5 Å². The minimum Gasteiger partial charge on any atom is -0.507 e. The molecule has 4 aromatic carbocycles. The molecule has 446 valence electrons. The smallest absolute Gasteiger partial charge is 0.327 e. The predicted octanol–water partition coefficient (Wildman–Crippen LogP) is 0.428. The number of H-pyrrole nitrogens is 1. The van der Waals surface area contributed by atoms with Crippen LogP contribution in [0.2, 0.25) is 0 Å². The number of carbonyl (C=O) groups is 9. The summed E-state index contributed by atoms with van der Waals surface area (Å²) in [6.07, 6.45) is 0.560. The van der Waals surface area contributed by atoms with Crippen molar-refractivity contribution < 1.29 is 58.5 Å². The zero-order valence-corrected chi connectivity index (χ0v) is 49.6. The number of amides is 8. The molecule has 1 aromatic heterocycles. The Kier molecular flexibility index (Phi) is 26.6. The van der Waals surface area contributed by atoms with Crippen LogP contribution in [0.5, 0.6) is 5.75 Å². The number of halogens is 1. The van der Waals surface area contributed by atoms with Crippen LogP contribution in [-0.4, -0.2) is 152 Å². The molecule has 5 aromatic rings. The number of unbranched alkanes of at least 4 members (excludes halogenated alkanes) is 1. The number of aliphatic carboxylic acids is 1. The Hall–Kier alpha value is -7.24. The van der Waals surface area contributed by atoms with E-state index in [1.165, 1.54) is 19.9 Å². The number of phenols is 1. The summed E-state index contributed by atoms with van der Waals surface area (Å²) < 4.78 is 0.558. The number of aromatic hydroxyl groups is 1. The lowest BCUT2D eigenvalue weighted by Gasteiger charge is -2.28. The summed E-state index contributed by atoms with van der Waals surface area (Å²) in [7, 11) is 0. The Balaban J connectivity index is 1.35. The number of aliphatic hydroxyl groups is 1. The van der Waals surface area contributed by atoms with Crippen LogP contribution in [0.15, 0.2) is 109 Å². The molecule has 0 spiro atoms. The number of carbonyl (C=O) groups excluding carboxylic acids is 8. The molecule has 5 rings (SSSR count). The van der Waals surface area contributed by atoms with Crippen molar-refractivity contribution >= 4 is 112 Å². The Morgan fingerprint density at radius 1 is 0.554 bits per heavy atom. The molecule has 8 amide bonds. The number of thiol groups is 2. The molecule has 26 heteroatoms. The summed E-state index contributed by atoms with van der Waals surface area (Å²) in [6.45, 7) is 2.82. The highest BCUT2D eigenvalue weighted by Gasteiger charge is 2.36. The van der Waals surface area contributed by atoms with Crippen molar-refractivity contribution in [3.05, 3.63) is 135 Å². The van der Waals surface area contributed by atoms with E-state index in [0.717, 1.165) is 10.9 Å². The fraction of sp³-hybridized carbons (Fsp3) is 0.386. The van der Waals surface area contributed by atoms with Gasteiger partial charge in [-0.3, -0.25) is 38.4 Å². The number of aliphatic hydroxyl groups excluding tert-OH is 1. The van der Waals surface area contributed by atoms with Crippen molar-refractivity contribution in [2.75, 3.05) is 18.1 Å². The van der Waals surface area contributed by atoms with Gasteiger partial charge in [-0.1, -0.05) is 84.9 Å². The van der Waals surface area contributed by atoms with Crippen LogP contribution in [0.4, 0.5) is 0 Å². The first-order chi connectivity index (χ1) is 39.6. The molecule has 0 fully saturated rings. The number of hydrogen-bond donors (Lipinski definition) is 16. The summed E-state index contributed by atoms with van der Waals surface area (Å²) in [6, 6.07) is 16.9. The third-order valence-electron chi connectivity index (χ3n) is 13.4. The maximum Gasteiger partial charge on any atom is 0.327 e. The van der Waals surface area contributed by atoms with Crippen molar-refractivity contribution in [3.8, 4) is 5.75 Å². The summed E-state index contributed by atoms with van der Waals surface area (Å²) in [4.78, 5) is 127. The van der Waals surface area contributed by atoms with Gasteiger partial charge in [-0.25, -0.2) is 4.79 Å². The van der Waals surface area contributed by atoms with E-state index in [4.69, 9.17) is 11.5 Å². The maximum atomic E-state index is 14.7. The number of carboxylic acid groups (broad SMARTS) is 1. The number of nitrogens with two attached hydrogens (primary N) is 2. The molecule has 0 aliphatic carbocycles. The fourth-order valence-electron chi connectivity index (χ4n) is 8.71. The Morgan fingerprint density at radius 3 is 1.61 bits per heavy atom. The number of aromatic nitrogens is 1. The summed E-state index contributed by atoms with van der Waals surface area (Å²) >= 11 is 10.3. The zero-order chi connectivity index (χ0) is 60.8. The van der Waals surface area contributed by atoms with E-state index >= 15 is 0 Å². The van der Waals surface area contributed by atoms with Gasteiger partial charge in [0.15, 0.2) is 0 Å². The van der Waals surface area contributed by atoms with Crippen LogP contribution in [-0.2, 0) is 68.8 Å². The minimum absolute atomic E-state index is 0.0269. The summed E-state index contributed by atoms with van der Waals surface area (Å²) in [5.74, 6) is -8.48. The number of rotatable bonds is 32. The van der Waals surface area contributed by atoms with Gasteiger partial charge in [0.1, 0.15) is 54.1 Å². The largest absolute Gasteiger partial charge is 0.507 e. The Labute approximate surface area is 504 Å². The van der Waals surface area contributed by atoms with Gasteiger partial charge in [0, 0.05) is 47.9 Å². The average molecular weight is 1290 g/mol. The molecule has 16 N–H and O–H groups in total. The lowest BCUT2D eigenvalue weighted by molar-refractivity contribution is -0.141. The van der Waals surface area contributed by atoms with Gasteiger partial charge in [0.05, 0.1) is 15.7 Å². The molecule has 0 radical (unpaired) electrons. The van der Waals surface area contributed by atoms with Crippen LogP contribution in [0.3, 0.4) is 0 Å². The fourth-order valence-corrected chi connectivity index (χ4v) is 9.79. The van der Waals surface area contributed by atoms with E-state index in [2.05, 4.69) is 72.8 Å². The van der Waals surface area contributed by atoms with Crippen LogP contribution in [0.25, 0.3) is 10.9 Å². The van der Waals surface area contributed by atoms with Gasteiger partial charge < -0.3 is 74.3 Å². The second-order valence-electron chi connectivity index (χ2n) is 19.9. The predicted molar refractivity (Wildman–Crippen MR) is 326 cm³/mol. The van der Waals surface area contributed by atoms with Crippen LogP contribution in [0, 0.1) is 3.57 Å². The Bertz CT molecular complexity index is 3030. The zero-order valence-electron chi connectivity index (χ0n) is 45.7. The molecule has 0 unspecified atom stereocenters. The van der Waals surface area contributed by atoms with Gasteiger partial charge in [0.2, 0.25) is 47.3 Å². The van der Waals surface area contributed by atoms with Gasteiger partial charge in [-0.05, 0) is 109 Å². The van der Waals surface area contributed by atoms with Crippen molar-refractivity contribution in [2.24, 2.45) is 11.5 Å². The van der Waals surface area contributed by atoms with Gasteiger partial charge in [-0.2, -0.15) is 25.3 Å². The monoisotopic (exact) mass is 1290 g/mol. The molecule has 23 nitrogen and oxygen atoms in total. The molecule has 0 saturated heterocycles. The van der Waals surface area contributed by atoms with E-state index in [1.54, 1.807) is 91.1 Å². The number of nitrogens with one attached hydrogen (secondary N) is 9. The molecule has 10 atom stereocenters. The van der Waals surface area contributed by atoms with E-state index in [9.17, 15) is 58.5 Å². The molecule has 0 aliphatic rings. The number of phenolic OH excluding ortho intramolecular Hbond substituents is 1. The first-order valence-corrected chi connectivity index (χ1v) is 29.1. The summed E-state index contributed by atoms with van der Waals surface area (Å²) in [5.41, 5.74) is 15.2. The van der Waals surface area contributed by atoms with Crippen molar-refractivity contribution in [1.29, 1.82) is 0 Å². The van der Waals surface area contributed by atoms with E-state index in [-0.39, 0.29) is 55.9 Å². The third-order valence-corrected chi connectivity index (χ3v) is 15.0. The molecule has 0 saturated carbocycles. The highest BCUT2D eigenvalue weighted by atomic mass is 127. The summed E-state index contributed by atoms with van der Waals surface area (Å²) in [5, 5.41) is 51.9. The SMILES string of the molecule is C[C@H](NC(=O)[C@H](Cc1ccccc1)NC(=O)[C@H](CS)NC(=O)[C@@H](N)Cc1ccc(O)c(I)c1)C(=O)N[C@@H](Cc1c[nH]c2ccccc12)C(=O)N[C@@H](CCCCN)C(=O)N[C@H](C(=O)N[C@@H](Cc1ccccc1)C(=O)N[C@@H](CS)C(=O)O)[C@@H](C)O. The molecular weight excluding hydrogens is 1220 g/mol. The molecular formula is C57H72IN11O12S2. The van der Waals surface area contributed by atoms with Crippen molar-refractivity contribution in [3.63, 3.8) is 0 Å². The number of hydrogen-bond acceptors (Lipinski definition) is 15. The Morgan fingerprint density at radius 2 is 1.05 bits per heavy atom. The highest BCUT2D eigenvalue weighted by molar-refractivity contribution is 14.1. The number of para-hydroxylation sites is 1. The number of carboxylic acids is 1. The normalized spacial score (nSPS) is 14.8. The number of fused-ring (bicyclic) bond motifs is 1. The second-order valence-corrected chi connectivity index (χ2v) is 21.7. The number of aromatic amines is 1. The molecule has 0 bridgehead atoms. The van der Waals surface area contributed by atoms with Crippen LogP contribution < -0.4 is 54.0 Å². The van der Waals surface area contributed by atoms with Gasteiger partial charge in [0.25, 0.3) is 0 Å². The van der Waals surface area contributed by atoms with E-state index in [0.29, 0.717) is 38.7 Å². The van der Waals surface area contributed by atoms with Crippen molar-refractivity contribution in [2.45, 2.75) is 119 Å².